The van der Waals surface area contributed by atoms with Crippen LogP contribution in [0.2, 0.25) is 0 Å². The van der Waals surface area contributed by atoms with Gasteiger partial charge in [0.25, 0.3) is 0 Å². The maximum atomic E-state index is 12.0. The van der Waals surface area contributed by atoms with E-state index in [4.69, 9.17) is 28.4 Å². The zero-order valence-corrected chi connectivity index (χ0v) is 19.8. The van der Waals surface area contributed by atoms with Crippen molar-refractivity contribution in [2.24, 2.45) is 0 Å². The van der Waals surface area contributed by atoms with E-state index in [9.17, 15) is 24.0 Å². The molecule has 0 N–H and O–H groups in total. The number of rotatable bonds is 7. The molecule has 34 heavy (non-hydrogen) atoms. The van der Waals surface area contributed by atoms with Crippen molar-refractivity contribution in [3.8, 4) is 5.75 Å². The van der Waals surface area contributed by atoms with E-state index in [0.717, 1.165) is 26.3 Å². The minimum absolute atomic E-state index is 0.124. The Morgan fingerprint density at radius 2 is 1.32 bits per heavy atom. The quantitative estimate of drug-likeness (QED) is 0.320. The molecule has 1 saturated heterocycles. The minimum atomic E-state index is -1.32. The Hall–Kier alpha value is -3.47. The van der Waals surface area contributed by atoms with Crippen molar-refractivity contribution in [3.05, 3.63) is 29.3 Å². The first-order chi connectivity index (χ1) is 15.9. The second-order valence-corrected chi connectivity index (χ2v) is 7.75. The number of esters is 5. The van der Waals surface area contributed by atoms with Gasteiger partial charge in [-0.3, -0.25) is 24.0 Å². The maximum Gasteiger partial charge on any atom is 0.308 e. The summed E-state index contributed by atoms with van der Waals surface area (Å²) in [5.41, 5.74) is 1.08. The molecule has 0 spiro atoms. The van der Waals surface area contributed by atoms with Gasteiger partial charge in [0.05, 0.1) is 0 Å². The van der Waals surface area contributed by atoms with E-state index in [1.165, 1.54) is 13.8 Å². The van der Waals surface area contributed by atoms with Crippen molar-refractivity contribution in [1.82, 2.24) is 0 Å². The molecule has 0 saturated carbocycles. The predicted octanol–water partition coefficient (Wildman–Crippen LogP) is 1.72. The fraction of sp³-hybridized carbons (Fsp3) is 0.522. The number of carbonyl (C=O) groups excluding carboxylic acids is 5. The fourth-order valence-electron chi connectivity index (χ4n) is 3.62. The Kier molecular flexibility index (Phi) is 9.13. The van der Waals surface area contributed by atoms with Gasteiger partial charge in [-0.15, -0.1) is 0 Å². The van der Waals surface area contributed by atoms with Gasteiger partial charge in [0, 0.05) is 40.2 Å². The Morgan fingerprint density at radius 1 is 0.765 bits per heavy atom. The van der Waals surface area contributed by atoms with Gasteiger partial charge >= 0.3 is 29.8 Å². The topological polar surface area (TPSA) is 141 Å². The highest BCUT2D eigenvalue weighted by molar-refractivity contribution is 5.70. The Balaban J connectivity index is 2.67. The smallest absolute Gasteiger partial charge is 0.308 e. The third-order valence-corrected chi connectivity index (χ3v) is 4.72. The van der Waals surface area contributed by atoms with Gasteiger partial charge in [0.15, 0.2) is 18.3 Å². The molecule has 5 atom stereocenters. The van der Waals surface area contributed by atoms with Crippen molar-refractivity contribution < 1.29 is 52.4 Å². The zero-order valence-electron chi connectivity index (χ0n) is 19.8. The van der Waals surface area contributed by atoms with Crippen LogP contribution in [0, 0.1) is 6.92 Å². The molecule has 1 heterocycles. The maximum absolute atomic E-state index is 12.0. The van der Waals surface area contributed by atoms with Crippen LogP contribution in [0.15, 0.2) is 18.2 Å². The van der Waals surface area contributed by atoms with E-state index >= 15 is 0 Å². The Morgan fingerprint density at radius 3 is 1.85 bits per heavy atom. The summed E-state index contributed by atoms with van der Waals surface area (Å²) in [6.45, 7) is 7.26. The van der Waals surface area contributed by atoms with E-state index in [1.807, 2.05) is 0 Å². The minimum Gasteiger partial charge on any atom is -0.463 e. The van der Waals surface area contributed by atoms with Gasteiger partial charge in [-0.05, 0) is 19.1 Å². The van der Waals surface area contributed by atoms with Gasteiger partial charge in [-0.1, -0.05) is 11.6 Å². The van der Waals surface area contributed by atoms with Crippen molar-refractivity contribution in [1.29, 1.82) is 0 Å². The summed E-state index contributed by atoms with van der Waals surface area (Å²) in [4.78, 5) is 58.9. The molecule has 1 aliphatic heterocycles. The van der Waals surface area contributed by atoms with Crippen molar-refractivity contribution in [3.63, 3.8) is 0 Å². The number of hydrogen-bond acceptors (Lipinski definition) is 11. The predicted molar refractivity (Wildman–Crippen MR) is 113 cm³/mol. The highest BCUT2D eigenvalue weighted by Crippen LogP contribution is 2.41. The van der Waals surface area contributed by atoms with E-state index in [-0.39, 0.29) is 12.4 Å². The lowest BCUT2D eigenvalue weighted by molar-refractivity contribution is -0.254. The van der Waals surface area contributed by atoms with Crippen LogP contribution in [-0.4, -0.2) is 60.9 Å². The van der Waals surface area contributed by atoms with Gasteiger partial charge in [-0.25, -0.2) is 0 Å². The summed E-state index contributed by atoms with van der Waals surface area (Å²) in [5, 5.41) is 0. The highest BCUT2D eigenvalue weighted by atomic mass is 16.7. The molecule has 0 radical (unpaired) electrons. The second-order valence-electron chi connectivity index (χ2n) is 7.75. The molecule has 1 fully saturated rings. The third kappa shape index (κ3) is 7.27. The van der Waals surface area contributed by atoms with Crippen LogP contribution >= 0.6 is 0 Å². The summed E-state index contributed by atoms with van der Waals surface area (Å²) in [6, 6.07) is 4.90. The molecule has 0 aromatic heterocycles. The molecule has 0 aliphatic carbocycles. The molecular formula is C23H28O11. The van der Waals surface area contributed by atoms with Crippen LogP contribution in [0.5, 0.6) is 5.75 Å². The van der Waals surface area contributed by atoms with Crippen LogP contribution < -0.4 is 4.74 Å². The normalized spacial score (nSPS) is 23.9. The molecule has 1 aromatic carbocycles. The first-order valence-electron chi connectivity index (χ1n) is 10.5. The number of ether oxygens (including phenoxy) is 6. The van der Waals surface area contributed by atoms with E-state index < -0.39 is 60.4 Å². The fourth-order valence-corrected chi connectivity index (χ4v) is 3.62. The molecule has 0 bridgehead atoms. The van der Waals surface area contributed by atoms with Gasteiger partial charge in [-0.2, -0.15) is 0 Å². The van der Waals surface area contributed by atoms with Crippen molar-refractivity contribution in [2.75, 3.05) is 6.61 Å². The lowest BCUT2D eigenvalue weighted by Gasteiger charge is -2.44. The molecule has 1 aliphatic rings. The summed E-state index contributed by atoms with van der Waals surface area (Å²) in [6.07, 6.45) is -6.15. The molecule has 186 valence electrons. The summed E-state index contributed by atoms with van der Waals surface area (Å²) >= 11 is 0. The van der Waals surface area contributed by atoms with Gasteiger partial charge in [0.2, 0.25) is 0 Å². The van der Waals surface area contributed by atoms with E-state index in [2.05, 4.69) is 0 Å². The number of hydrogen-bond donors (Lipinski definition) is 0. The zero-order chi connectivity index (χ0) is 25.6. The molecule has 1 unspecified atom stereocenters. The molecule has 2 rings (SSSR count). The van der Waals surface area contributed by atoms with Crippen LogP contribution in [0.1, 0.15) is 51.8 Å². The Bertz CT molecular complexity index is 954. The number of benzene rings is 1. The van der Waals surface area contributed by atoms with Crippen LogP contribution in [0.3, 0.4) is 0 Å². The SMILES string of the molecule is CC(=O)OC[C@H]1O[C@@H](c2cc(C)ccc2OC(C)=O)[C@H](OC(C)=O)C(OC(C)=O)[C@@H]1OC(C)=O. The van der Waals surface area contributed by atoms with Crippen molar-refractivity contribution in [2.45, 2.75) is 72.1 Å². The number of carbonyl (C=O) groups is 5. The van der Waals surface area contributed by atoms with E-state index in [1.54, 1.807) is 25.1 Å². The molecular weight excluding hydrogens is 452 g/mol. The average molecular weight is 480 g/mol. The lowest BCUT2D eigenvalue weighted by Crippen LogP contribution is -2.59. The van der Waals surface area contributed by atoms with Crippen molar-refractivity contribution >= 4 is 29.8 Å². The molecule has 11 nitrogen and oxygen atoms in total. The Labute approximate surface area is 196 Å². The monoisotopic (exact) mass is 480 g/mol. The van der Waals surface area contributed by atoms with Crippen LogP contribution in [0.4, 0.5) is 0 Å². The van der Waals surface area contributed by atoms with Gasteiger partial charge < -0.3 is 28.4 Å². The summed E-state index contributed by atoms with van der Waals surface area (Å²) in [7, 11) is 0. The first-order valence-corrected chi connectivity index (χ1v) is 10.5. The summed E-state index contributed by atoms with van der Waals surface area (Å²) < 4.78 is 32.8. The van der Waals surface area contributed by atoms with E-state index in [0.29, 0.717) is 5.56 Å². The standard InChI is InChI=1S/C23H28O11/c1-11-7-8-18(30-13(3)25)17(9-11)20-22(32-15(5)27)23(33-16(6)28)21(31-14(4)26)19(34-20)10-29-12(2)24/h7-9,19-23H,10H2,1-6H3/t19-,20+,21-,22+,23?/m1/s1. The first kappa shape index (κ1) is 26.8. The molecule has 11 heteroatoms. The largest absolute Gasteiger partial charge is 0.463 e. The van der Waals surface area contributed by atoms with Crippen LogP contribution in [-0.2, 0) is 47.7 Å². The number of aryl methyl sites for hydroxylation is 1. The second kappa shape index (κ2) is 11.6. The average Bonchev–Trinajstić information content (AvgIpc) is 2.69. The third-order valence-electron chi connectivity index (χ3n) is 4.72. The summed E-state index contributed by atoms with van der Waals surface area (Å²) in [5.74, 6) is -3.29. The lowest BCUT2D eigenvalue weighted by atomic mass is 9.89. The molecule has 0 amide bonds. The molecule has 1 aromatic rings. The van der Waals surface area contributed by atoms with Gasteiger partial charge in [0.1, 0.15) is 24.6 Å². The highest BCUT2D eigenvalue weighted by Gasteiger charge is 2.53. The van der Waals surface area contributed by atoms with Crippen LogP contribution in [0.25, 0.3) is 0 Å².